The highest BCUT2D eigenvalue weighted by molar-refractivity contribution is 6.00. The summed E-state index contributed by atoms with van der Waals surface area (Å²) in [5.74, 6) is 1.50. The van der Waals surface area contributed by atoms with Crippen molar-refractivity contribution >= 4 is 44.4 Å². The van der Waals surface area contributed by atoms with Crippen LogP contribution in [0.1, 0.15) is 96.1 Å². The first-order valence-electron chi connectivity index (χ1n) is 21.8. The minimum absolute atomic E-state index is 0. The number of aromatic nitrogens is 8. The van der Waals surface area contributed by atoms with Gasteiger partial charge in [0.2, 0.25) is 0 Å². The normalized spacial score (nSPS) is 15.4. The molecule has 2 aromatic carbocycles. The quantitative estimate of drug-likeness (QED) is 0.112. The van der Waals surface area contributed by atoms with Crippen molar-refractivity contribution in [3.8, 4) is 22.5 Å². The van der Waals surface area contributed by atoms with Crippen LogP contribution in [-0.4, -0.2) is 94.2 Å². The van der Waals surface area contributed by atoms with Gasteiger partial charge >= 0.3 is 17.7 Å². The first-order valence-corrected chi connectivity index (χ1v) is 21.8. The standard InChI is InChI=1S/C24H25N5O2.C12H19N3.C12H8N2O3.B.ClH/c1-2-17-15-25-20(26-16-17)11-10-19-9-6-12-28(19)23(30)22-21(18-7-4-3-5-8-18)27-24-29(22)13-14-31-24;1-2-10-8-14-12(15-9-10)6-5-11-4-3-7-13-11;15-11(16)10-9(8-4-2-1-3-5-8)13-12-14(10)6-7-17-12;;/h3-5,7-8,13-16,19H,2,6,9-12H2,1H3;8-9,11,13H,2-7H2,1H3;1-7H,(H,15,16);;1H/t19-;11-;;;/m00.../s1. The number of nitrogens with zero attached hydrogens (tertiary/aromatic N) is 9. The minimum Gasteiger partial charge on any atom is -0.476 e. The average Bonchev–Trinajstić information content (AvgIpc) is 4.19. The molecule has 0 bridgehead atoms. The molecule has 335 valence electrons. The number of aryl methyl sites for hydroxylation is 4. The average molecular weight is 896 g/mol. The highest BCUT2D eigenvalue weighted by Crippen LogP contribution is 2.30. The Morgan fingerprint density at radius 2 is 1.22 bits per heavy atom. The third kappa shape index (κ3) is 11.4. The monoisotopic (exact) mass is 895 g/mol. The Kier molecular flexibility index (Phi) is 16.8. The lowest BCUT2D eigenvalue weighted by atomic mass is 10.1. The summed E-state index contributed by atoms with van der Waals surface area (Å²) in [7, 11) is 0. The van der Waals surface area contributed by atoms with Crippen molar-refractivity contribution < 1.29 is 23.5 Å². The highest BCUT2D eigenvalue weighted by atomic mass is 35.5. The molecule has 0 saturated carbocycles. The maximum atomic E-state index is 13.7. The maximum Gasteiger partial charge on any atom is 0.355 e. The topological polar surface area (TPSA) is 182 Å². The van der Waals surface area contributed by atoms with E-state index < -0.39 is 5.97 Å². The summed E-state index contributed by atoms with van der Waals surface area (Å²) in [6, 6.07) is 19.8. The van der Waals surface area contributed by atoms with E-state index >= 15 is 0 Å². The molecule has 17 heteroatoms. The molecule has 0 spiro atoms. The summed E-state index contributed by atoms with van der Waals surface area (Å²) in [5.41, 5.74) is 5.77. The molecule has 15 nitrogen and oxygen atoms in total. The van der Waals surface area contributed by atoms with Gasteiger partial charge in [0.15, 0.2) is 5.69 Å². The predicted octanol–water partition coefficient (Wildman–Crippen LogP) is 8.24. The molecule has 10 rings (SSSR count). The number of carbonyl (C=O) groups is 2. The number of oxazole rings is 2. The number of carboxylic acid groups (broad SMARTS) is 1. The van der Waals surface area contributed by atoms with Crippen molar-refractivity contribution in [3.63, 3.8) is 0 Å². The summed E-state index contributed by atoms with van der Waals surface area (Å²) < 4.78 is 13.8. The Bertz CT molecular complexity index is 2720. The molecular weight excluding hydrogens is 843 g/mol. The second-order valence-corrected chi connectivity index (χ2v) is 15.7. The Hall–Kier alpha value is -6.65. The van der Waals surface area contributed by atoms with E-state index in [1.165, 1.54) is 48.2 Å². The number of aromatic carboxylic acids is 1. The summed E-state index contributed by atoms with van der Waals surface area (Å²) in [6.45, 7) is 6.15. The van der Waals surface area contributed by atoms with Crippen LogP contribution in [0.15, 0.2) is 119 Å². The van der Waals surface area contributed by atoms with Crippen LogP contribution in [0.3, 0.4) is 0 Å². The molecule has 2 fully saturated rings. The number of rotatable bonds is 12. The van der Waals surface area contributed by atoms with Crippen molar-refractivity contribution in [2.75, 3.05) is 13.1 Å². The number of amides is 1. The number of benzene rings is 2. The third-order valence-electron chi connectivity index (χ3n) is 11.6. The van der Waals surface area contributed by atoms with Crippen molar-refractivity contribution in [1.29, 1.82) is 0 Å². The van der Waals surface area contributed by atoms with E-state index in [0.717, 1.165) is 79.8 Å². The van der Waals surface area contributed by atoms with E-state index in [9.17, 15) is 14.7 Å². The summed E-state index contributed by atoms with van der Waals surface area (Å²) >= 11 is 0. The fraction of sp³-hybridized carbons (Fsp3) is 0.333. The number of hydrogen-bond acceptors (Lipinski definition) is 11. The zero-order valence-corrected chi connectivity index (χ0v) is 37.4. The van der Waals surface area contributed by atoms with E-state index in [0.29, 0.717) is 29.0 Å². The molecule has 6 aromatic heterocycles. The highest BCUT2D eigenvalue weighted by Gasteiger charge is 2.33. The van der Waals surface area contributed by atoms with Gasteiger partial charge in [0.1, 0.15) is 41.3 Å². The van der Waals surface area contributed by atoms with Crippen molar-refractivity contribution in [2.45, 2.75) is 90.1 Å². The van der Waals surface area contributed by atoms with Crippen LogP contribution >= 0.6 is 12.4 Å². The fourth-order valence-corrected chi connectivity index (χ4v) is 8.10. The molecule has 2 N–H and O–H groups in total. The van der Waals surface area contributed by atoms with Gasteiger partial charge in [-0.2, -0.15) is 9.97 Å². The van der Waals surface area contributed by atoms with Crippen molar-refractivity contribution in [2.24, 2.45) is 0 Å². The Labute approximate surface area is 385 Å². The summed E-state index contributed by atoms with van der Waals surface area (Å²) in [6.07, 6.45) is 24.3. The van der Waals surface area contributed by atoms with Crippen LogP contribution in [0.25, 0.3) is 34.2 Å². The second-order valence-electron chi connectivity index (χ2n) is 15.7. The third-order valence-corrected chi connectivity index (χ3v) is 11.6. The number of likely N-dealkylation sites (tertiary alicyclic amines) is 1. The maximum absolute atomic E-state index is 13.7. The smallest absolute Gasteiger partial charge is 0.355 e. The van der Waals surface area contributed by atoms with Crippen LogP contribution in [0.4, 0.5) is 0 Å². The van der Waals surface area contributed by atoms with Gasteiger partial charge in [0.25, 0.3) is 5.91 Å². The SMILES string of the molecule is CCc1cnc(CC[C@@H]2CCCN2)nc1.CCc1cnc(CC[C@@H]2CCCN2C(=O)c2c(-c3ccccc3)nc3occn23)nc1.Cl.O=C(O)c1c(-c2ccccc2)nc2occn12.[B]. The van der Waals surface area contributed by atoms with Crippen LogP contribution in [0, 0.1) is 0 Å². The molecule has 2 saturated heterocycles. The van der Waals surface area contributed by atoms with Crippen LogP contribution in [0.5, 0.6) is 0 Å². The van der Waals surface area contributed by atoms with Gasteiger partial charge in [-0.05, 0) is 69.0 Å². The number of imidazole rings is 2. The molecule has 8 heterocycles. The summed E-state index contributed by atoms with van der Waals surface area (Å²) in [4.78, 5) is 53.4. The van der Waals surface area contributed by atoms with Gasteiger partial charge in [-0.25, -0.2) is 24.7 Å². The van der Waals surface area contributed by atoms with E-state index in [1.807, 2.05) is 90.4 Å². The minimum atomic E-state index is -1.03. The molecule has 0 unspecified atom stereocenters. The van der Waals surface area contributed by atoms with Gasteiger partial charge < -0.3 is 24.2 Å². The lowest BCUT2D eigenvalue weighted by Gasteiger charge is -2.24. The number of hydrogen-bond donors (Lipinski definition) is 2. The molecule has 3 radical (unpaired) electrons. The van der Waals surface area contributed by atoms with Crippen molar-refractivity contribution in [3.05, 3.63) is 145 Å². The molecule has 1 amide bonds. The van der Waals surface area contributed by atoms with Gasteiger partial charge in [-0.1, -0.05) is 74.5 Å². The Morgan fingerprint density at radius 3 is 1.71 bits per heavy atom. The zero-order valence-electron chi connectivity index (χ0n) is 36.6. The number of carbonyl (C=O) groups excluding carboxylic acids is 1. The molecule has 2 atom stereocenters. The van der Waals surface area contributed by atoms with Gasteiger partial charge in [0, 0.05) is 88.2 Å². The van der Waals surface area contributed by atoms with Gasteiger partial charge in [0.05, 0.1) is 0 Å². The molecule has 2 aliphatic rings. The second kappa shape index (κ2) is 22.8. The van der Waals surface area contributed by atoms with Crippen molar-refractivity contribution in [1.82, 2.24) is 48.9 Å². The molecule has 0 aliphatic carbocycles. The van der Waals surface area contributed by atoms with Gasteiger partial charge in [-0.15, -0.1) is 12.4 Å². The molecule has 8 aromatic rings. The number of halogens is 1. The van der Waals surface area contributed by atoms with Crippen LogP contribution in [0.2, 0.25) is 0 Å². The van der Waals surface area contributed by atoms with E-state index in [1.54, 1.807) is 16.9 Å². The predicted molar refractivity (Wildman–Crippen MR) is 250 cm³/mol. The first kappa shape index (κ1) is 47.8. The molecular formula is C48H53BClN10O5. The molecule has 65 heavy (non-hydrogen) atoms. The zero-order chi connectivity index (χ0) is 43.5. The van der Waals surface area contributed by atoms with Crippen LogP contribution < -0.4 is 5.32 Å². The molecule has 2 aliphatic heterocycles. The number of nitrogens with one attached hydrogen (secondary N) is 1. The Morgan fingerprint density at radius 1 is 0.708 bits per heavy atom. The lowest BCUT2D eigenvalue weighted by Crippen LogP contribution is -2.36. The summed E-state index contributed by atoms with van der Waals surface area (Å²) in [5, 5.41) is 12.7. The van der Waals surface area contributed by atoms with Gasteiger partial charge in [-0.3, -0.25) is 13.6 Å². The van der Waals surface area contributed by atoms with E-state index in [2.05, 4.69) is 49.1 Å². The van der Waals surface area contributed by atoms with Crippen LogP contribution in [-0.2, 0) is 25.7 Å². The largest absolute Gasteiger partial charge is 0.476 e. The number of carboxylic acids is 1. The first-order chi connectivity index (χ1) is 30.9. The fourth-order valence-electron chi connectivity index (χ4n) is 8.10. The van der Waals surface area contributed by atoms with E-state index in [4.69, 9.17) is 8.83 Å². The van der Waals surface area contributed by atoms with E-state index in [-0.39, 0.29) is 44.3 Å². The Balaban J connectivity index is 0.000000175. The lowest BCUT2D eigenvalue weighted by molar-refractivity contribution is 0.0688. The number of fused-ring (bicyclic) bond motifs is 2.